The number of carbonyl (C=O) groups excluding carboxylic acids is 1. The lowest BCUT2D eigenvalue weighted by molar-refractivity contribution is -0.384. The van der Waals surface area contributed by atoms with Crippen molar-refractivity contribution in [1.82, 2.24) is 5.32 Å². The average Bonchev–Trinajstić information content (AvgIpc) is 2.26. The maximum Gasteiger partial charge on any atom is 0.270 e. The molecule has 0 aliphatic rings. The number of benzene rings is 1. The third kappa shape index (κ3) is 4.60. The summed E-state index contributed by atoms with van der Waals surface area (Å²) in [5.74, 6) is -0.117. The number of nitrogens with one attached hydrogen (secondary N) is 1. The van der Waals surface area contributed by atoms with Gasteiger partial charge in [-0.25, -0.2) is 0 Å². The molecule has 0 heterocycles. The Morgan fingerprint density at radius 2 is 2.21 bits per heavy atom. The normalized spacial score (nSPS) is 13.6. The molecule has 0 saturated carbocycles. The van der Waals surface area contributed by atoms with Gasteiger partial charge in [0.1, 0.15) is 0 Å². The third-order valence-electron chi connectivity index (χ3n) is 2.27. The molecule has 6 nitrogen and oxygen atoms in total. The molecule has 1 N–H and O–H groups in total. The molecule has 1 amide bonds. The second kappa shape index (κ2) is 6.63. The molecule has 0 fully saturated rings. The summed E-state index contributed by atoms with van der Waals surface area (Å²) in [7, 11) is -1.02. The topological polar surface area (TPSA) is 89.3 Å². The van der Waals surface area contributed by atoms with Gasteiger partial charge in [0.15, 0.2) is 0 Å². The lowest BCUT2D eigenvalue weighted by Crippen LogP contribution is -2.36. The number of nitrogens with zero attached hydrogens (tertiary/aromatic N) is 1. The van der Waals surface area contributed by atoms with E-state index < -0.39 is 21.6 Å². The molecule has 0 bridgehead atoms. The Morgan fingerprint density at radius 1 is 1.58 bits per heavy atom. The van der Waals surface area contributed by atoms with Gasteiger partial charge >= 0.3 is 0 Å². The molecule has 19 heavy (non-hydrogen) atoms. The summed E-state index contributed by atoms with van der Waals surface area (Å²) >= 11 is 5.83. The number of hydrogen-bond acceptors (Lipinski definition) is 4. The van der Waals surface area contributed by atoms with Gasteiger partial charge in [-0.05, 0) is 13.0 Å². The second-order valence-corrected chi connectivity index (χ2v) is 5.92. The van der Waals surface area contributed by atoms with E-state index in [9.17, 15) is 19.1 Å². The predicted octanol–water partition coefficient (Wildman–Crippen LogP) is 1.75. The van der Waals surface area contributed by atoms with Crippen molar-refractivity contribution in [2.75, 3.05) is 12.0 Å². The average molecular weight is 305 g/mol. The lowest BCUT2D eigenvalue weighted by atomic mass is 10.2. The van der Waals surface area contributed by atoms with Crippen molar-refractivity contribution in [1.29, 1.82) is 0 Å². The predicted molar refractivity (Wildman–Crippen MR) is 74.0 cm³/mol. The molecule has 8 heteroatoms. The molecule has 2 unspecified atom stereocenters. The SMILES string of the molecule is CC(CS(C)=O)NC(=O)c1ccc([N+](=O)[O-])cc1Cl. The molecule has 1 aromatic carbocycles. The van der Waals surface area contributed by atoms with Gasteiger partial charge in [0.2, 0.25) is 0 Å². The zero-order valence-electron chi connectivity index (χ0n) is 10.4. The summed E-state index contributed by atoms with van der Waals surface area (Å²) < 4.78 is 11.0. The fourth-order valence-corrected chi connectivity index (χ4v) is 2.55. The van der Waals surface area contributed by atoms with E-state index in [0.29, 0.717) is 5.75 Å². The van der Waals surface area contributed by atoms with Crippen LogP contribution in [-0.4, -0.2) is 33.1 Å². The van der Waals surface area contributed by atoms with Crippen molar-refractivity contribution in [3.05, 3.63) is 38.9 Å². The number of non-ortho nitro benzene ring substituents is 1. The van der Waals surface area contributed by atoms with E-state index in [1.54, 1.807) is 13.2 Å². The third-order valence-corrected chi connectivity index (χ3v) is 3.55. The van der Waals surface area contributed by atoms with Gasteiger partial charge in [-0.15, -0.1) is 0 Å². The summed E-state index contributed by atoms with van der Waals surface area (Å²) in [5, 5.41) is 13.2. The highest BCUT2D eigenvalue weighted by Gasteiger charge is 2.16. The molecule has 0 aromatic heterocycles. The second-order valence-electron chi connectivity index (χ2n) is 4.04. The van der Waals surface area contributed by atoms with Gasteiger partial charge in [-0.1, -0.05) is 11.6 Å². The molecule has 1 rings (SSSR count). The van der Waals surface area contributed by atoms with Crippen LogP contribution in [0.5, 0.6) is 0 Å². The molecule has 1 aromatic rings. The number of hydrogen-bond donors (Lipinski definition) is 1. The first-order valence-electron chi connectivity index (χ1n) is 5.36. The van der Waals surface area contributed by atoms with Crippen LogP contribution in [0.25, 0.3) is 0 Å². The van der Waals surface area contributed by atoms with E-state index in [0.717, 1.165) is 6.07 Å². The van der Waals surface area contributed by atoms with Gasteiger partial charge in [-0.3, -0.25) is 19.1 Å². The van der Waals surface area contributed by atoms with Crippen LogP contribution in [-0.2, 0) is 10.8 Å². The fourth-order valence-electron chi connectivity index (χ4n) is 1.50. The monoisotopic (exact) mass is 304 g/mol. The van der Waals surface area contributed by atoms with Crippen LogP contribution < -0.4 is 5.32 Å². The van der Waals surface area contributed by atoms with Crippen molar-refractivity contribution in [3.63, 3.8) is 0 Å². The number of carbonyl (C=O) groups is 1. The smallest absolute Gasteiger partial charge is 0.270 e. The summed E-state index contributed by atoms with van der Waals surface area (Å²) in [6.07, 6.45) is 1.54. The van der Waals surface area contributed by atoms with Gasteiger partial charge in [0, 0.05) is 41.0 Å². The molecular weight excluding hydrogens is 292 g/mol. The zero-order chi connectivity index (χ0) is 14.6. The Hall–Kier alpha value is -1.47. The number of nitro groups is 1. The Balaban J connectivity index is 2.83. The minimum Gasteiger partial charge on any atom is -0.349 e. The van der Waals surface area contributed by atoms with Crippen LogP contribution in [0.15, 0.2) is 18.2 Å². The van der Waals surface area contributed by atoms with E-state index >= 15 is 0 Å². The molecule has 0 radical (unpaired) electrons. The first-order chi connectivity index (χ1) is 8.81. The molecule has 2 atom stereocenters. The van der Waals surface area contributed by atoms with Crippen LogP contribution in [0.3, 0.4) is 0 Å². The Labute approximate surface area is 117 Å². The molecule has 0 spiro atoms. The minimum atomic E-state index is -1.02. The van der Waals surface area contributed by atoms with Crippen molar-refractivity contribution in [2.24, 2.45) is 0 Å². The highest BCUT2D eigenvalue weighted by atomic mass is 35.5. The molecular formula is C11H13ClN2O4S. The van der Waals surface area contributed by atoms with Crippen LogP contribution >= 0.6 is 11.6 Å². The van der Waals surface area contributed by atoms with Crippen LogP contribution in [0, 0.1) is 10.1 Å². The number of amides is 1. The summed E-state index contributed by atoms with van der Waals surface area (Å²) in [6.45, 7) is 1.72. The Kier molecular flexibility index (Phi) is 5.44. The maximum atomic E-state index is 11.9. The Bertz CT molecular complexity index is 535. The van der Waals surface area contributed by atoms with Crippen LogP contribution in [0.1, 0.15) is 17.3 Å². The van der Waals surface area contributed by atoms with Gasteiger partial charge in [-0.2, -0.15) is 0 Å². The summed E-state index contributed by atoms with van der Waals surface area (Å²) in [4.78, 5) is 21.8. The fraction of sp³-hybridized carbons (Fsp3) is 0.364. The van der Waals surface area contributed by atoms with Crippen molar-refractivity contribution in [3.8, 4) is 0 Å². The minimum absolute atomic E-state index is 0.0107. The molecule has 0 aliphatic heterocycles. The largest absolute Gasteiger partial charge is 0.349 e. The standard InChI is InChI=1S/C11H13ClN2O4S/c1-7(6-19(2)18)13-11(15)9-4-3-8(14(16)17)5-10(9)12/h3-5,7H,6H2,1-2H3,(H,13,15). The van der Waals surface area contributed by atoms with E-state index in [1.807, 2.05) is 0 Å². The number of halogens is 1. The highest BCUT2D eigenvalue weighted by molar-refractivity contribution is 7.84. The quantitative estimate of drug-likeness (QED) is 0.663. The summed E-state index contributed by atoms with van der Waals surface area (Å²) in [5.41, 5.74) is -0.0229. The number of nitro benzene ring substituents is 1. The molecule has 0 saturated heterocycles. The first-order valence-corrected chi connectivity index (χ1v) is 7.46. The van der Waals surface area contributed by atoms with Crippen molar-refractivity contribution in [2.45, 2.75) is 13.0 Å². The first kappa shape index (κ1) is 15.6. The molecule has 0 aliphatic carbocycles. The summed E-state index contributed by atoms with van der Waals surface area (Å²) in [6, 6.07) is 3.36. The Morgan fingerprint density at radius 3 is 2.68 bits per heavy atom. The van der Waals surface area contributed by atoms with Crippen molar-refractivity contribution >= 4 is 34.0 Å². The van der Waals surface area contributed by atoms with Crippen LogP contribution in [0.4, 0.5) is 5.69 Å². The van der Waals surface area contributed by atoms with Gasteiger partial charge < -0.3 is 5.32 Å². The number of rotatable bonds is 5. The molecule has 104 valence electrons. The van der Waals surface area contributed by atoms with E-state index in [-0.39, 0.29) is 22.3 Å². The zero-order valence-corrected chi connectivity index (χ0v) is 12.0. The maximum absolute atomic E-state index is 11.9. The van der Waals surface area contributed by atoms with E-state index in [1.165, 1.54) is 12.1 Å². The van der Waals surface area contributed by atoms with E-state index in [2.05, 4.69) is 5.32 Å². The van der Waals surface area contributed by atoms with Gasteiger partial charge in [0.05, 0.1) is 15.5 Å². The van der Waals surface area contributed by atoms with Crippen LogP contribution in [0.2, 0.25) is 5.02 Å². The van der Waals surface area contributed by atoms with Crippen molar-refractivity contribution < 1.29 is 13.9 Å². The van der Waals surface area contributed by atoms with Gasteiger partial charge in [0.25, 0.3) is 11.6 Å². The highest BCUT2D eigenvalue weighted by Crippen LogP contribution is 2.22. The lowest BCUT2D eigenvalue weighted by Gasteiger charge is -2.12. The van der Waals surface area contributed by atoms with E-state index in [4.69, 9.17) is 11.6 Å².